The van der Waals surface area contributed by atoms with Gasteiger partial charge in [-0.25, -0.2) is 24.4 Å². The van der Waals surface area contributed by atoms with Crippen LogP contribution in [0, 0.1) is 6.92 Å². The summed E-state index contributed by atoms with van der Waals surface area (Å²) < 4.78 is 6.96. The first kappa shape index (κ1) is 22.0. The fourth-order valence-corrected chi connectivity index (χ4v) is 2.97. The van der Waals surface area contributed by atoms with Crippen LogP contribution in [0.3, 0.4) is 0 Å². The van der Waals surface area contributed by atoms with E-state index in [9.17, 15) is 4.79 Å². The lowest BCUT2D eigenvalue weighted by atomic mass is 10.2. The Morgan fingerprint density at radius 2 is 1.85 bits per heavy atom. The molecule has 0 aliphatic carbocycles. The molecule has 0 spiro atoms. The number of pyridine rings is 1. The molecule has 0 fully saturated rings. The molecule has 0 bridgehead atoms. The number of aromatic nitrogens is 5. The summed E-state index contributed by atoms with van der Waals surface area (Å²) in [4.78, 5) is 24.6. The minimum atomic E-state index is -0.576. The number of aryl methyl sites for hydroxylation is 1. The van der Waals surface area contributed by atoms with Crippen molar-refractivity contribution in [2.45, 2.75) is 39.8 Å². The van der Waals surface area contributed by atoms with E-state index in [4.69, 9.17) is 4.74 Å². The van der Waals surface area contributed by atoms with Crippen molar-refractivity contribution in [3.8, 4) is 5.69 Å². The quantitative estimate of drug-likeness (QED) is 0.425. The van der Waals surface area contributed by atoms with E-state index >= 15 is 0 Å². The van der Waals surface area contributed by atoms with Gasteiger partial charge in [0.25, 0.3) is 0 Å². The van der Waals surface area contributed by atoms with Gasteiger partial charge < -0.3 is 4.74 Å². The second-order valence-electron chi connectivity index (χ2n) is 8.40. The normalized spacial score (nSPS) is 11.8. The van der Waals surface area contributed by atoms with Crippen molar-refractivity contribution in [3.05, 3.63) is 66.2 Å². The van der Waals surface area contributed by atoms with Gasteiger partial charge in [-0.05, 0) is 51.5 Å². The largest absolute Gasteiger partial charge is 0.444 e. The molecule has 10 nitrogen and oxygen atoms in total. The summed E-state index contributed by atoms with van der Waals surface area (Å²) in [6.07, 6.45) is 4.20. The van der Waals surface area contributed by atoms with Gasteiger partial charge in [0.05, 0.1) is 23.8 Å². The number of amides is 1. The number of azo groups is 1. The van der Waals surface area contributed by atoms with Gasteiger partial charge >= 0.3 is 6.09 Å². The minimum Gasteiger partial charge on any atom is -0.444 e. The van der Waals surface area contributed by atoms with E-state index in [1.54, 1.807) is 43.9 Å². The number of nitrogens with zero attached hydrogens (tertiary/aromatic N) is 7. The smallest absolute Gasteiger partial charge is 0.413 e. The van der Waals surface area contributed by atoms with Crippen molar-refractivity contribution < 1.29 is 9.53 Å². The lowest BCUT2D eigenvalue weighted by Gasteiger charge is -2.19. The van der Waals surface area contributed by atoms with Crippen molar-refractivity contribution in [2.24, 2.45) is 10.2 Å². The van der Waals surface area contributed by atoms with Gasteiger partial charge in [-0.2, -0.15) is 10.2 Å². The molecule has 33 heavy (non-hydrogen) atoms. The third-order valence-corrected chi connectivity index (χ3v) is 4.50. The van der Waals surface area contributed by atoms with Gasteiger partial charge in [0.15, 0.2) is 11.5 Å². The van der Waals surface area contributed by atoms with Gasteiger partial charge in [0.1, 0.15) is 17.7 Å². The van der Waals surface area contributed by atoms with E-state index in [0.29, 0.717) is 29.2 Å². The van der Waals surface area contributed by atoms with Crippen LogP contribution in [0.1, 0.15) is 31.9 Å². The number of benzene rings is 1. The fraction of sp³-hybridized carbons (Fsp3) is 0.261. The van der Waals surface area contributed by atoms with Crippen LogP contribution in [0.25, 0.3) is 16.7 Å². The summed E-state index contributed by atoms with van der Waals surface area (Å²) in [5.41, 5.74) is 2.98. The Morgan fingerprint density at radius 3 is 2.55 bits per heavy atom. The molecule has 10 heteroatoms. The van der Waals surface area contributed by atoms with E-state index in [0.717, 1.165) is 11.3 Å². The predicted octanol–water partition coefficient (Wildman–Crippen LogP) is 5.15. The first-order valence-electron chi connectivity index (χ1n) is 10.4. The molecule has 1 N–H and O–H groups in total. The number of hydrogen-bond acceptors (Lipinski definition) is 8. The van der Waals surface area contributed by atoms with Gasteiger partial charge in [-0.1, -0.05) is 23.8 Å². The molecule has 1 amide bonds. The van der Waals surface area contributed by atoms with Crippen molar-refractivity contribution in [3.63, 3.8) is 0 Å². The lowest BCUT2D eigenvalue weighted by Crippen LogP contribution is -2.27. The summed E-state index contributed by atoms with van der Waals surface area (Å²) in [5.74, 6) is 0.834. The van der Waals surface area contributed by atoms with Crippen LogP contribution in [0.2, 0.25) is 0 Å². The SMILES string of the molecule is Cc1ccc(-n2ncc3c(N=NCc4ccc(NC(=O)OC(C)(C)C)nc4)ncnc32)cc1. The first-order chi connectivity index (χ1) is 15.8. The first-order valence-corrected chi connectivity index (χ1v) is 10.4. The van der Waals surface area contributed by atoms with Crippen molar-refractivity contribution >= 4 is 28.8 Å². The monoisotopic (exact) mass is 444 g/mol. The zero-order chi connectivity index (χ0) is 23.4. The predicted molar refractivity (Wildman–Crippen MR) is 124 cm³/mol. The Hall–Kier alpha value is -4.21. The maximum absolute atomic E-state index is 11.8. The molecule has 4 rings (SSSR count). The van der Waals surface area contributed by atoms with Crippen molar-refractivity contribution in [2.75, 3.05) is 5.32 Å². The zero-order valence-electron chi connectivity index (χ0n) is 18.9. The highest BCUT2D eigenvalue weighted by Gasteiger charge is 2.16. The molecule has 0 saturated carbocycles. The molecule has 0 unspecified atom stereocenters. The molecule has 4 aromatic rings. The molecule has 0 aliphatic rings. The van der Waals surface area contributed by atoms with E-state index in [-0.39, 0.29) is 0 Å². The maximum Gasteiger partial charge on any atom is 0.413 e. The van der Waals surface area contributed by atoms with Crippen molar-refractivity contribution in [1.82, 2.24) is 24.7 Å². The van der Waals surface area contributed by atoms with Crippen LogP contribution in [-0.2, 0) is 11.3 Å². The van der Waals surface area contributed by atoms with Crippen LogP contribution < -0.4 is 5.32 Å². The van der Waals surface area contributed by atoms with Crippen LogP contribution in [0.5, 0.6) is 0 Å². The number of ether oxygens (including phenoxy) is 1. The molecule has 0 radical (unpaired) electrons. The lowest BCUT2D eigenvalue weighted by molar-refractivity contribution is 0.0635. The molecule has 3 aromatic heterocycles. The number of hydrogen-bond donors (Lipinski definition) is 1. The Kier molecular flexibility index (Phi) is 6.07. The number of anilines is 1. The second kappa shape index (κ2) is 9.11. The third-order valence-electron chi connectivity index (χ3n) is 4.50. The Balaban J connectivity index is 1.44. The number of carbonyl (C=O) groups excluding carboxylic acids is 1. The molecule has 168 valence electrons. The van der Waals surface area contributed by atoms with E-state index in [2.05, 4.69) is 35.6 Å². The van der Waals surface area contributed by atoms with Crippen LogP contribution in [0.15, 0.2) is 65.3 Å². The Morgan fingerprint density at radius 1 is 1.06 bits per heavy atom. The number of fused-ring (bicyclic) bond motifs is 1. The highest BCUT2D eigenvalue weighted by atomic mass is 16.6. The summed E-state index contributed by atoms with van der Waals surface area (Å²) in [6, 6.07) is 11.5. The van der Waals surface area contributed by atoms with Gasteiger partial charge in [-0.15, -0.1) is 5.11 Å². The van der Waals surface area contributed by atoms with E-state index in [1.807, 2.05) is 37.3 Å². The number of rotatable bonds is 5. The van der Waals surface area contributed by atoms with Gasteiger partial charge in [0.2, 0.25) is 0 Å². The molecular weight excluding hydrogens is 420 g/mol. The fourth-order valence-electron chi connectivity index (χ4n) is 2.97. The highest BCUT2D eigenvalue weighted by Crippen LogP contribution is 2.24. The van der Waals surface area contributed by atoms with Gasteiger partial charge in [0, 0.05) is 6.20 Å². The van der Waals surface area contributed by atoms with Crippen molar-refractivity contribution in [1.29, 1.82) is 0 Å². The molecule has 0 atom stereocenters. The minimum absolute atomic E-state index is 0.303. The Labute approximate surface area is 190 Å². The summed E-state index contributed by atoms with van der Waals surface area (Å²) >= 11 is 0. The molecule has 0 aliphatic heterocycles. The average molecular weight is 444 g/mol. The Bertz CT molecular complexity index is 1290. The van der Waals surface area contributed by atoms with Crippen LogP contribution in [0.4, 0.5) is 16.4 Å². The summed E-state index contributed by atoms with van der Waals surface area (Å²) in [6.45, 7) is 7.73. The summed E-state index contributed by atoms with van der Waals surface area (Å²) in [7, 11) is 0. The van der Waals surface area contributed by atoms with Gasteiger partial charge in [-0.3, -0.25) is 5.32 Å². The maximum atomic E-state index is 11.8. The number of carbonyl (C=O) groups is 1. The van der Waals surface area contributed by atoms with E-state index in [1.165, 1.54) is 11.9 Å². The van der Waals surface area contributed by atoms with E-state index < -0.39 is 11.7 Å². The standard InChI is InChI=1S/C23H24N8O2/c1-15-5-8-17(9-6-15)31-21-18(13-28-31)20(25-14-26-21)30-27-12-16-7-10-19(24-11-16)29-22(32)33-23(2,3)4/h5-11,13-14H,12H2,1-4H3,(H,24,29,32). The molecule has 1 aromatic carbocycles. The zero-order valence-corrected chi connectivity index (χ0v) is 18.9. The molecular formula is C23H24N8O2. The average Bonchev–Trinajstić information content (AvgIpc) is 3.19. The second-order valence-corrected chi connectivity index (χ2v) is 8.40. The molecule has 3 heterocycles. The van der Waals surface area contributed by atoms with Crippen LogP contribution >= 0.6 is 0 Å². The third kappa shape index (κ3) is 5.53. The molecule has 0 saturated heterocycles. The number of nitrogens with one attached hydrogen (secondary N) is 1. The van der Waals surface area contributed by atoms with Crippen LogP contribution in [-0.4, -0.2) is 36.4 Å². The highest BCUT2D eigenvalue weighted by molar-refractivity contribution is 5.85. The summed E-state index contributed by atoms with van der Waals surface area (Å²) in [5, 5.41) is 16.2. The topological polar surface area (TPSA) is 120 Å².